The minimum atomic E-state index is 0.511. The highest BCUT2D eigenvalue weighted by molar-refractivity contribution is 5.34. The number of hydrogen-bond donors (Lipinski definition) is 1. The van der Waals surface area contributed by atoms with Gasteiger partial charge in [-0.05, 0) is 18.4 Å². The number of nitrogens with zero attached hydrogens (tertiary/aromatic N) is 1. The minimum absolute atomic E-state index is 0.511. The van der Waals surface area contributed by atoms with Crippen LogP contribution in [0.2, 0.25) is 0 Å². The smallest absolute Gasteiger partial charge is 0.0991 e. The van der Waals surface area contributed by atoms with Crippen molar-refractivity contribution in [3.8, 4) is 6.07 Å². The van der Waals surface area contributed by atoms with Crippen molar-refractivity contribution in [2.75, 3.05) is 0 Å². The van der Waals surface area contributed by atoms with Crippen LogP contribution >= 0.6 is 0 Å². The molecule has 0 amide bonds. The highest BCUT2D eigenvalue weighted by Crippen LogP contribution is 1.91. The first-order chi connectivity index (χ1) is 6.26. The van der Waals surface area contributed by atoms with Crippen molar-refractivity contribution in [3.63, 3.8) is 0 Å². The molecule has 72 valence electrons. The Labute approximate surface area is 81.1 Å². The van der Waals surface area contributed by atoms with Crippen molar-refractivity contribution in [2.24, 2.45) is 5.73 Å². The van der Waals surface area contributed by atoms with E-state index >= 15 is 0 Å². The van der Waals surface area contributed by atoms with Gasteiger partial charge in [0.2, 0.25) is 0 Å². The number of unbranched alkanes of at least 4 members (excludes halogenated alkanes) is 1. The van der Waals surface area contributed by atoms with Crippen LogP contribution in [-0.2, 0) is 0 Å². The van der Waals surface area contributed by atoms with Gasteiger partial charge in [-0.2, -0.15) is 5.26 Å². The Morgan fingerprint density at radius 1 is 1.46 bits per heavy atom. The molecule has 13 heavy (non-hydrogen) atoms. The van der Waals surface area contributed by atoms with E-state index in [9.17, 15) is 0 Å². The zero-order chi connectivity index (χ0) is 10.5. The van der Waals surface area contributed by atoms with Crippen LogP contribution in [0.3, 0.4) is 0 Å². The van der Waals surface area contributed by atoms with Crippen molar-refractivity contribution in [3.05, 3.63) is 36.6 Å². The van der Waals surface area contributed by atoms with E-state index in [1.165, 1.54) is 25.1 Å². The number of nitrogens with two attached hydrogens (primary N) is 1. The molecule has 0 aromatic rings. The molecule has 0 saturated carbocycles. The van der Waals surface area contributed by atoms with E-state index in [2.05, 4.69) is 20.4 Å². The van der Waals surface area contributed by atoms with Gasteiger partial charge in [0.1, 0.15) is 0 Å². The van der Waals surface area contributed by atoms with E-state index in [-0.39, 0.29) is 0 Å². The van der Waals surface area contributed by atoms with E-state index in [0.29, 0.717) is 5.57 Å². The molecule has 0 aliphatic heterocycles. The summed E-state index contributed by atoms with van der Waals surface area (Å²) in [5.74, 6) is 0. The normalized spacial score (nSPS) is 10.1. The lowest BCUT2D eigenvalue weighted by Crippen LogP contribution is -1.74. The second-order valence-electron chi connectivity index (χ2n) is 2.32. The fraction of sp³-hybridized carbons (Fsp3) is 0.364. The molecule has 0 aliphatic carbocycles. The molecule has 2 N–H and O–H groups in total. The highest BCUT2D eigenvalue weighted by atomic mass is 14.5. The quantitative estimate of drug-likeness (QED) is 0.533. The third-order valence-corrected chi connectivity index (χ3v) is 1.24. The Kier molecular flexibility index (Phi) is 14.2. The van der Waals surface area contributed by atoms with Gasteiger partial charge in [-0.1, -0.05) is 39.3 Å². The van der Waals surface area contributed by atoms with Crippen LogP contribution in [0.1, 0.15) is 26.7 Å². The molecular weight excluding hydrogens is 160 g/mol. The van der Waals surface area contributed by atoms with Crippen molar-refractivity contribution in [2.45, 2.75) is 26.7 Å². The first kappa shape index (κ1) is 14.1. The lowest BCUT2D eigenvalue weighted by molar-refractivity contribution is 0.886. The van der Waals surface area contributed by atoms with Gasteiger partial charge in [-0.3, -0.25) is 0 Å². The maximum atomic E-state index is 8.29. The zero-order valence-corrected chi connectivity index (χ0v) is 8.46. The largest absolute Gasteiger partial charge is 0.405 e. The Balaban J connectivity index is 0. The van der Waals surface area contributed by atoms with Crippen molar-refractivity contribution >= 4 is 0 Å². The summed E-state index contributed by atoms with van der Waals surface area (Å²) in [5.41, 5.74) is 5.53. The third-order valence-electron chi connectivity index (χ3n) is 1.24. The molecule has 0 aliphatic rings. The van der Waals surface area contributed by atoms with Crippen LogP contribution in [0.4, 0.5) is 0 Å². The molecule has 0 unspecified atom stereocenters. The Hall–Kier alpha value is -1.49. The highest BCUT2D eigenvalue weighted by Gasteiger charge is 1.79. The molecule has 0 atom stereocenters. The van der Waals surface area contributed by atoms with Crippen LogP contribution in [-0.4, -0.2) is 0 Å². The van der Waals surface area contributed by atoms with E-state index in [4.69, 9.17) is 11.0 Å². The monoisotopic (exact) mass is 178 g/mol. The molecule has 2 heteroatoms. The van der Waals surface area contributed by atoms with Gasteiger partial charge in [-0.25, -0.2) is 0 Å². The number of hydrogen-bond acceptors (Lipinski definition) is 2. The third kappa shape index (κ3) is 13.5. The summed E-state index contributed by atoms with van der Waals surface area (Å²) in [6.07, 6.45) is 8.65. The fourth-order valence-electron chi connectivity index (χ4n) is 0.310. The van der Waals surface area contributed by atoms with Crippen molar-refractivity contribution < 1.29 is 0 Å². The second-order valence-corrected chi connectivity index (χ2v) is 2.32. The lowest BCUT2D eigenvalue weighted by atomic mass is 10.3. The molecule has 0 saturated heterocycles. The Morgan fingerprint density at radius 3 is 2.23 bits per heavy atom. The van der Waals surface area contributed by atoms with E-state index in [0.717, 1.165) is 0 Å². The summed E-state index contributed by atoms with van der Waals surface area (Å²) in [4.78, 5) is 0. The first-order valence-electron chi connectivity index (χ1n) is 4.37. The van der Waals surface area contributed by atoms with Gasteiger partial charge < -0.3 is 5.73 Å². The Bertz CT molecular complexity index is 205. The van der Waals surface area contributed by atoms with Crippen LogP contribution in [0.5, 0.6) is 0 Å². The minimum Gasteiger partial charge on any atom is -0.405 e. The molecular formula is C11H18N2. The summed E-state index contributed by atoms with van der Waals surface area (Å²) >= 11 is 0. The standard InChI is InChI=1S/C7H8N2.C4H10/c1-2-7(6-9)4-3-5-8;1-3-4-2/h2-5H,1,8H2;3-4H2,1-2H3/b5-3-,7-4+;. The van der Waals surface area contributed by atoms with Gasteiger partial charge in [0.25, 0.3) is 0 Å². The van der Waals surface area contributed by atoms with E-state index in [1.54, 1.807) is 12.2 Å². The maximum Gasteiger partial charge on any atom is 0.0991 e. The second kappa shape index (κ2) is 13.1. The molecule has 0 radical (unpaired) electrons. The predicted octanol–water partition coefficient (Wildman–Crippen LogP) is 2.90. The Morgan fingerprint density at radius 2 is 2.00 bits per heavy atom. The lowest BCUT2D eigenvalue weighted by Gasteiger charge is -1.78. The van der Waals surface area contributed by atoms with Crippen LogP contribution in [0, 0.1) is 11.3 Å². The zero-order valence-electron chi connectivity index (χ0n) is 8.46. The van der Waals surface area contributed by atoms with E-state index < -0.39 is 0 Å². The summed E-state index contributed by atoms with van der Waals surface area (Å²) in [6, 6.07) is 1.92. The molecule has 0 rings (SSSR count). The van der Waals surface area contributed by atoms with Crippen molar-refractivity contribution in [1.82, 2.24) is 0 Å². The van der Waals surface area contributed by atoms with Gasteiger partial charge >= 0.3 is 0 Å². The van der Waals surface area contributed by atoms with Gasteiger partial charge in [0.05, 0.1) is 11.6 Å². The van der Waals surface area contributed by atoms with Crippen molar-refractivity contribution in [1.29, 1.82) is 5.26 Å². The summed E-state index contributed by atoms with van der Waals surface area (Å²) in [7, 11) is 0. The van der Waals surface area contributed by atoms with Gasteiger partial charge in [0.15, 0.2) is 0 Å². The molecule has 0 fully saturated rings. The van der Waals surface area contributed by atoms with Gasteiger partial charge in [0, 0.05) is 0 Å². The summed E-state index contributed by atoms with van der Waals surface area (Å²) in [6.45, 7) is 7.78. The fourth-order valence-corrected chi connectivity index (χ4v) is 0.310. The average molecular weight is 178 g/mol. The van der Waals surface area contributed by atoms with Crippen LogP contribution < -0.4 is 5.73 Å². The molecule has 0 bridgehead atoms. The number of rotatable bonds is 3. The maximum absolute atomic E-state index is 8.29. The number of allylic oxidation sites excluding steroid dienone is 4. The SMILES string of the molecule is C=C/C(C#N)=C\C=C/N.CCCC. The molecule has 2 nitrogen and oxygen atoms in total. The number of nitriles is 1. The summed E-state index contributed by atoms with van der Waals surface area (Å²) < 4.78 is 0. The summed E-state index contributed by atoms with van der Waals surface area (Å²) in [5, 5.41) is 8.29. The van der Waals surface area contributed by atoms with Gasteiger partial charge in [-0.15, -0.1) is 0 Å². The van der Waals surface area contributed by atoms with Crippen LogP contribution in [0.25, 0.3) is 0 Å². The van der Waals surface area contributed by atoms with Crippen LogP contribution in [0.15, 0.2) is 36.6 Å². The molecule has 0 heterocycles. The predicted molar refractivity (Wildman–Crippen MR) is 57.8 cm³/mol. The van der Waals surface area contributed by atoms with E-state index in [1.807, 2.05) is 6.07 Å². The first-order valence-corrected chi connectivity index (χ1v) is 4.37. The molecule has 0 aromatic carbocycles. The average Bonchev–Trinajstić information content (AvgIpc) is 2.20. The molecule has 0 spiro atoms. The molecule has 0 aromatic heterocycles. The topological polar surface area (TPSA) is 49.8 Å².